The van der Waals surface area contributed by atoms with Crippen LogP contribution in [0.3, 0.4) is 0 Å². The van der Waals surface area contributed by atoms with Gasteiger partial charge in [-0.2, -0.15) is 0 Å². The molecule has 0 atom stereocenters. The van der Waals surface area contributed by atoms with Crippen molar-refractivity contribution in [2.45, 2.75) is 44.9 Å². The molecule has 4 aliphatic carbocycles. The van der Waals surface area contributed by atoms with Crippen LogP contribution in [-0.2, 0) is 11.2 Å². The number of aromatic nitrogens is 2. The molecule has 6 rings (SSSR count). The highest BCUT2D eigenvalue weighted by Gasteiger charge is 2.50. The standard InChI is InChI=1S/C24H31N5O3/c1-28(2)20(30)9-18-21(22(25)31)27-19-5-3-4-17(29(18)19)23(32)26-13-24-10-14-6-15(11-24)8-16(7-14)12-24/h3-5,14-16H,6-13H2,1-2H3,(H2,25,31)(H,26,32). The highest BCUT2D eigenvalue weighted by molar-refractivity contribution is 5.97. The number of fused-ring (bicyclic) bond motifs is 1. The molecular formula is C24H31N5O3. The maximum Gasteiger partial charge on any atom is 0.269 e. The van der Waals surface area contributed by atoms with E-state index in [9.17, 15) is 14.4 Å². The monoisotopic (exact) mass is 437 g/mol. The number of nitrogens with zero attached hydrogens (tertiary/aromatic N) is 3. The van der Waals surface area contributed by atoms with Crippen molar-refractivity contribution in [3.63, 3.8) is 0 Å². The molecule has 0 aromatic carbocycles. The van der Waals surface area contributed by atoms with Crippen molar-refractivity contribution >= 4 is 23.4 Å². The lowest BCUT2D eigenvalue weighted by atomic mass is 9.49. The minimum atomic E-state index is -0.713. The van der Waals surface area contributed by atoms with E-state index >= 15 is 0 Å². The predicted molar refractivity (Wildman–Crippen MR) is 119 cm³/mol. The smallest absolute Gasteiger partial charge is 0.269 e. The third-order valence-electron chi connectivity index (χ3n) is 7.81. The molecule has 32 heavy (non-hydrogen) atoms. The number of carbonyl (C=O) groups is 3. The molecule has 8 nitrogen and oxygen atoms in total. The number of nitrogens with one attached hydrogen (secondary N) is 1. The molecular weight excluding hydrogens is 406 g/mol. The van der Waals surface area contributed by atoms with Crippen molar-refractivity contribution in [1.29, 1.82) is 0 Å². The molecule has 4 bridgehead atoms. The first kappa shape index (κ1) is 21.0. The number of hydrogen-bond donors (Lipinski definition) is 2. The first-order valence-corrected chi connectivity index (χ1v) is 11.5. The second-order valence-corrected chi connectivity index (χ2v) is 10.4. The van der Waals surface area contributed by atoms with Crippen molar-refractivity contribution in [2.24, 2.45) is 28.9 Å². The molecule has 2 heterocycles. The van der Waals surface area contributed by atoms with Crippen molar-refractivity contribution in [3.05, 3.63) is 35.3 Å². The Morgan fingerprint density at radius 1 is 1.12 bits per heavy atom. The van der Waals surface area contributed by atoms with E-state index in [1.54, 1.807) is 36.7 Å². The lowest BCUT2D eigenvalue weighted by molar-refractivity contribution is -0.128. The number of primary amides is 1. The lowest BCUT2D eigenvalue weighted by Gasteiger charge is -2.56. The summed E-state index contributed by atoms with van der Waals surface area (Å²) in [5, 5.41) is 3.19. The Kier molecular flexibility index (Phi) is 4.98. The highest BCUT2D eigenvalue weighted by atomic mass is 16.2. The fourth-order valence-electron chi connectivity index (χ4n) is 6.86. The van der Waals surface area contributed by atoms with Gasteiger partial charge < -0.3 is 16.0 Å². The molecule has 0 saturated heterocycles. The second kappa shape index (κ2) is 7.60. The van der Waals surface area contributed by atoms with Crippen LogP contribution in [0.5, 0.6) is 0 Å². The molecule has 2 aromatic heterocycles. The number of pyridine rings is 1. The summed E-state index contributed by atoms with van der Waals surface area (Å²) in [5.74, 6) is 1.33. The number of amides is 3. The van der Waals surface area contributed by atoms with Crippen LogP contribution >= 0.6 is 0 Å². The molecule has 4 saturated carbocycles. The summed E-state index contributed by atoms with van der Waals surface area (Å²) in [6.45, 7) is 0.676. The summed E-state index contributed by atoms with van der Waals surface area (Å²) in [4.78, 5) is 43.6. The van der Waals surface area contributed by atoms with Gasteiger partial charge >= 0.3 is 0 Å². The Morgan fingerprint density at radius 3 is 2.31 bits per heavy atom. The van der Waals surface area contributed by atoms with Crippen LogP contribution in [0, 0.1) is 23.2 Å². The molecule has 0 spiro atoms. The van der Waals surface area contributed by atoms with Crippen molar-refractivity contribution in [2.75, 3.05) is 20.6 Å². The average molecular weight is 438 g/mol. The summed E-state index contributed by atoms with van der Waals surface area (Å²) in [5.41, 5.74) is 6.95. The molecule has 4 fully saturated rings. The molecule has 0 unspecified atom stereocenters. The minimum absolute atomic E-state index is 0.0292. The molecule has 2 aromatic rings. The maximum atomic E-state index is 13.3. The highest BCUT2D eigenvalue weighted by Crippen LogP contribution is 2.59. The van der Waals surface area contributed by atoms with Gasteiger partial charge in [0.15, 0.2) is 5.69 Å². The summed E-state index contributed by atoms with van der Waals surface area (Å²) >= 11 is 0. The fourth-order valence-corrected chi connectivity index (χ4v) is 6.86. The average Bonchev–Trinajstić information content (AvgIpc) is 3.10. The van der Waals surface area contributed by atoms with Gasteiger partial charge in [0, 0.05) is 20.6 Å². The van der Waals surface area contributed by atoms with Crippen molar-refractivity contribution in [1.82, 2.24) is 19.6 Å². The van der Waals surface area contributed by atoms with E-state index in [2.05, 4.69) is 10.3 Å². The molecule has 4 aliphatic rings. The van der Waals surface area contributed by atoms with Crippen LogP contribution in [0.2, 0.25) is 0 Å². The molecule has 8 heteroatoms. The van der Waals surface area contributed by atoms with Crippen LogP contribution in [-0.4, -0.2) is 52.6 Å². The van der Waals surface area contributed by atoms with E-state index in [0.29, 0.717) is 23.6 Å². The number of likely N-dealkylation sites (N-methyl/N-ethyl adjacent to an activating group) is 1. The Morgan fingerprint density at radius 2 is 1.75 bits per heavy atom. The Balaban J connectivity index is 1.44. The number of rotatable bonds is 6. The van der Waals surface area contributed by atoms with Gasteiger partial charge in [-0.1, -0.05) is 6.07 Å². The van der Waals surface area contributed by atoms with Gasteiger partial charge in [-0.05, 0) is 73.8 Å². The van der Waals surface area contributed by atoms with E-state index in [1.807, 2.05) is 0 Å². The van der Waals surface area contributed by atoms with Crippen molar-refractivity contribution < 1.29 is 14.4 Å². The zero-order valence-electron chi connectivity index (χ0n) is 18.8. The molecule has 170 valence electrons. The zero-order chi connectivity index (χ0) is 22.6. The Labute approximate surface area is 187 Å². The van der Waals surface area contributed by atoms with E-state index in [4.69, 9.17) is 5.73 Å². The summed E-state index contributed by atoms with van der Waals surface area (Å²) in [7, 11) is 3.29. The van der Waals surface area contributed by atoms with E-state index in [-0.39, 0.29) is 29.3 Å². The van der Waals surface area contributed by atoms with Crippen molar-refractivity contribution in [3.8, 4) is 0 Å². The number of carbonyl (C=O) groups excluding carboxylic acids is 3. The molecule has 0 radical (unpaired) electrons. The topological polar surface area (TPSA) is 110 Å². The van der Waals surface area contributed by atoms with Crippen LogP contribution in [0.1, 0.15) is 65.2 Å². The van der Waals surface area contributed by atoms with Gasteiger partial charge in [0.05, 0.1) is 12.1 Å². The van der Waals surface area contributed by atoms with Crippen LogP contribution in [0.4, 0.5) is 0 Å². The zero-order valence-corrected chi connectivity index (χ0v) is 18.8. The SMILES string of the molecule is CN(C)C(=O)Cc1c(C(N)=O)nc2cccc(C(=O)NCC34CC5CC(CC(C5)C3)C4)n12. The van der Waals surface area contributed by atoms with Gasteiger partial charge in [0.2, 0.25) is 5.91 Å². The number of nitrogens with two attached hydrogens (primary N) is 1. The van der Waals surface area contributed by atoms with Crippen LogP contribution in [0.15, 0.2) is 18.2 Å². The van der Waals surface area contributed by atoms with Gasteiger partial charge in [-0.15, -0.1) is 0 Å². The summed E-state index contributed by atoms with van der Waals surface area (Å²) in [6, 6.07) is 5.16. The first-order chi connectivity index (χ1) is 15.2. The van der Waals surface area contributed by atoms with E-state index in [1.165, 1.54) is 43.4 Å². The third-order valence-corrected chi connectivity index (χ3v) is 7.81. The summed E-state index contributed by atoms with van der Waals surface area (Å²) in [6.07, 6.45) is 7.66. The largest absolute Gasteiger partial charge is 0.364 e. The Hall–Kier alpha value is -2.90. The molecule has 3 amide bonds. The number of hydrogen-bond acceptors (Lipinski definition) is 4. The second-order valence-electron chi connectivity index (χ2n) is 10.4. The summed E-state index contributed by atoms with van der Waals surface area (Å²) < 4.78 is 1.61. The van der Waals surface area contributed by atoms with Gasteiger partial charge in [-0.3, -0.25) is 18.8 Å². The van der Waals surface area contributed by atoms with Gasteiger partial charge in [0.1, 0.15) is 11.3 Å². The maximum absolute atomic E-state index is 13.3. The Bertz CT molecular complexity index is 1070. The quantitative estimate of drug-likeness (QED) is 0.720. The van der Waals surface area contributed by atoms with E-state index in [0.717, 1.165) is 17.8 Å². The lowest BCUT2D eigenvalue weighted by Crippen LogP contribution is -2.51. The predicted octanol–water partition coefficient (Wildman–Crippen LogP) is 2.01. The third kappa shape index (κ3) is 3.55. The van der Waals surface area contributed by atoms with Gasteiger partial charge in [-0.25, -0.2) is 4.98 Å². The van der Waals surface area contributed by atoms with E-state index < -0.39 is 5.91 Å². The number of imidazole rings is 1. The molecule has 3 N–H and O–H groups in total. The minimum Gasteiger partial charge on any atom is -0.364 e. The fraction of sp³-hybridized carbons (Fsp3) is 0.583. The van der Waals surface area contributed by atoms with Gasteiger partial charge in [0.25, 0.3) is 11.8 Å². The molecule has 0 aliphatic heterocycles. The van der Waals surface area contributed by atoms with Crippen LogP contribution < -0.4 is 11.1 Å². The first-order valence-electron chi connectivity index (χ1n) is 11.5. The normalized spacial score (nSPS) is 28.1. The van der Waals surface area contributed by atoms with Crippen LogP contribution in [0.25, 0.3) is 5.65 Å².